The van der Waals surface area contributed by atoms with E-state index in [1.54, 1.807) is 12.1 Å². The summed E-state index contributed by atoms with van der Waals surface area (Å²) in [6, 6.07) is 9.87. The lowest BCUT2D eigenvalue weighted by molar-refractivity contribution is -0.136. The van der Waals surface area contributed by atoms with E-state index in [4.69, 9.17) is 13.9 Å². The van der Waals surface area contributed by atoms with Crippen LogP contribution in [0, 0.1) is 19.8 Å². The molecule has 2 aromatic carbocycles. The third-order valence-electron chi connectivity index (χ3n) is 4.61. The first-order chi connectivity index (χ1) is 15.1. The predicted octanol–water partition coefficient (Wildman–Crippen LogP) is 4.54. The molecule has 0 fully saturated rings. The van der Waals surface area contributed by atoms with Crippen molar-refractivity contribution in [2.75, 3.05) is 13.2 Å². The molecule has 7 nitrogen and oxygen atoms in total. The largest absolute Gasteiger partial charge is 0.481 e. The minimum Gasteiger partial charge on any atom is -0.481 e. The Bertz CT molecular complexity index is 1210. The van der Waals surface area contributed by atoms with E-state index in [2.05, 4.69) is 21.2 Å². The average Bonchev–Trinajstić information content (AvgIpc) is 2.70. The molecule has 0 aliphatic heterocycles. The fourth-order valence-electron chi connectivity index (χ4n) is 3.12. The molecule has 0 unspecified atom stereocenters. The molecule has 1 N–H and O–H groups in total. The van der Waals surface area contributed by atoms with Crippen LogP contribution in [0.1, 0.15) is 35.3 Å². The van der Waals surface area contributed by atoms with Gasteiger partial charge in [0.25, 0.3) is 5.91 Å². The fraction of sp³-hybridized carbons (Fsp3) is 0.292. The SMILES string of the molecule is Cc1cc(Br)cc(C)c1OCC(=O)Oc1ccc2cc(C(=O)NCC(C)C)c(=O)oc2c1. The van der Waals surface area contributed by atoms with Crippen molar-refractivity contribution in [2.45, 2.75) is 27.7 Å². The molecule has 3 rings (SSSR count). The number of fused-ring (bicyclic) bond motifs is 1. The van der Waals surface area contributed by atoms with E-state index in [0.717, 1.165) is 15.6 Å². The zero-order chi connectivity index (χ0) is 23.4. The van der Waals surface area contributed by atoms with Gasteiger partial charge < -0.3 is 19.2 Å². The predicted molar refractivity (Wildman–Crippen MR) is 124 cm³/mol. The highest BCUT2D eigenvalue weighted by Gasteiger charge is 2.15. The van der Waals surface area contributed by atoms with Gasteiger partial charge in [-0.05, 0) is 61.2 Å². The molecule has 32 heavy (non-hydrogen) atoms. The Morgan fingerprint density at radius 3 is 2.44 bits per heavy atom. The van der Waals surface area contributed by atoms with Gasteiger partial charge in [0, 0.05) is 22.5 Å². The van der Waals surface area contributed by atoms with E-state index in [9.17, 15) is 14.4 Å². The molecule has 1 heterocycles. The third-order valence-corrected chi connectivity index (χ3v) is 5.07. The van der Waals surface area contributed by atoms with E-state index in [1.165, 1.54) is 12.1 Å². The maximum Gasteiger partial charge on any atom is 0.349 e. The number of ether oxygens (including phenoxy) is 2. The van der Waals surface area contributed by atoms with Crippen molar-refractivity contribution >= 4 is 38.8 Å². The Morgan fingerprint density at radius 1 is 1.09 bits per heavy atom. The highest BCUT2D eigenvalue weighted by Crippen LogP contribution is 2.27. The van der Waals surface area contributed by atoms with E-state index < -0.39 is 17.5 Å². The quantitative estimate of drug-likeness (QED) is 0.290. The Labute approximate surface area is 193 Å². The molecule has 8 heteroatoms. The molecule has 0 bridgehead atoms. The maximum absolute atomic E-state index is 12.2. The Kier molecular flexibility index (Phi) is 7.35. The van der Waals surface area contributed by atoms with Gasteiger partial charge >= 0.3 is 11.6 Å². The molecular weight excluding hydrogens is 478 g/mol. The highest BCUT2D eigenvalue weighted by molar-refractivity contribution is 9.10. The topological polar surface area (TPSA) is 94.8 Å². The molecule has 0 saturated carbocycles. The second-order valence-electron chi connectivity index (χ2n) is 7.88. The van der Waals surface area contributed by atoms with Gasteiger partial charge in [0.05, 0.1) is 0 Å². The van der Waals surface area contributed by atoms with Crippen LogP contribution < -0.4 is 20.4 Å². The summed E-state index contributed by atoms with van der Waals surface area (Å²) < 4.78 is 17.2. The van der Waals surface area contributed by atoms with Gasteiger partial charge in [-0.2, -0.15) is 0 Å². The summed E-state index contributed by atoms with van der Waals surface area (Å²) in [7, 11) is 0. The molecular formula is C24H24BrNO6. The second kappa shape index (κ2) is 9.99. The summed E-state index contributed by atoms with van der Waals surface area (Å²) >= 11 is 3.42. The molecule has 0 atom stereocenters. The Hall–Kier alpha value is -3.13. The van der Waals surface area contributed by atoms with Crippen molar-refractivity contribution in [1.82, 2.24) is 5.32 Å². The number of benzene rings is 2. The van der Waals surface area contributed by atoms with Crippen LogP contribution in [0.15, 0.2) is 50.1 Å². The number of carbonyl (C=O) groups excluding carboxylic acids is 2. The Morgan fingerprint density at radius 2 is 1.78 bits per heavy atom. The van der Waals surface area contributed by atoms with E-state index in [0.29, 0.717) is 17.7 Å². The molecule has 0 radical (unpaired) electrons. The molecule has 3 aromatic rings. The van der Waals surface area contributed by atoms with Gasteiger partial charge in [0.15, 0.2) is 6.61 Å². The normalized spacial score (nSPS) is 10.9. The van der Waals surface area contributed by atoms with Crippen LogP contribution in [0.5, 0.6) is 11.5 Å². The van der Waals surface area contributed by atoms with E-state index in [1.807, 2.05) is 39.8 Å². The van der Waals surface area contributed by atoms with Crippen molar-refractivity contribution in [2.24, 2.45) is 5.92 Å². The summed E-state index contributed by atoms with van der Waals surface area (Å²) in [5, 5.41) is 3.23. The smallest absolute Gasteiger partial charge is 0.349 e. The Balaban J connectivity index is 1.70. The number of esters is 1. The van der Waals surface area contributed by atoms with Gasteiger partial charge in [0.2, 0.25) is 0 Å². The molecule has 1 amide bonds. The van der Waals surface area contributed by atoms with Crippen LogP contribution >= 0.6 is 15.9 Å². The van der Waals surface area contributed by atoms with Crippen LogP contribution in [-0.2, 0) is 4.79 Å². The minimum absolute atomic E-state index is 0.0727. The number of halogens is 1. The first kappa shape index (κ1) is 23.5. The first-order valence-electron chi connectivity index (χ1n) is 10.1. The molecule has 0 saturated heterocycles. The third kappa shape index (κ3) is 5.76. The number of hydrogen-bond donors (Lipinski definition) is 1. The lowest BCUT2D eigenvalue weighted by Crippen LogP contribution is -2.31. The minimum atomic E-state index is -0.758. The van der Waals surface area contributed by atoms with E-state index >= 15 is 0 Å². The van der Waals surface area contributed by atoms with Crippen LogP contribution in [-0.4, -0.2) is 25.0 Å². The van der Waals surface area contributed by atoms with E-state index in [-0.39, 0.29) is 29.4 Å². The lowest BCUT2D eigenvalue weighted by atomic mass is 10.1. The van der Waals surface area contributed by atoms with Crippen LogP contribution in [0.25, 0.3) is 11.0 Å². The monoisotopic (exact) mass is 501 g/mol. The van der Waals surface area contributed by atoms with Crippen LogP contribution in [0.2, 0.25) is 0 Å². The molecule has 0 aliphatic rings. The van der Waals surface area contributed by atoms with Gasteiger partial charge in [-0.1, -0.05) is 29.8 Å². The van der Waals surface area contributed by atoms with Gasteiger partial charge in [0.1, 0.15) is 22.6 Å². The van der Waals surface area contributed by atoms with Crippen molar-refractivity contribution in [3.05, 3.63) is 68.0 Å². The average molecular weight is 502 g/mol. The zero-order valence-corrected chi connectivity index (χ0v) is 19.9. The molecule has 168 valence electrons. The van der Waals surface area contributed by atoms with Crippen molar-refractivity contribution in [3.63, 3.8) is 0 Å². The zero-order valence-electron chi connectivity index (χ0n) is 18.3. The van der Waals surface area contributed by atoms with Gasteiger partial charge in [-0.25, -0.2) is 9.59 Å². The summed E-state index contributed by atoms with van der Waals surface area (Å²) in [4.78, 5) is 36.7. The number of carbonyl (C=O) groups is 2. The molecule has 1 aromatic heterocycles. The molecule has 0 spiro atoms. The van der Waals surface area contributed by atoms with Crippen molar-refractivity contribution in [3.8, 4) is 11.5 Å². The van der Waals surface area contributed by atoms with Gasteiger partial charge in [-0.15, -0.1) is 0 Å². The standard InChI is InChI=1S/C24H24BrNO6/c1-13(2)11-26-23(28)19-9-16-5-6-18(10-20(16)32-24(19)29)31-21(27)12-30-22-14(3)7-17(25)8-15(22)4/h5-10,13H,11-12H2,1-4H3,(H,26,28). The van der Waals surface area contributed by atoms with Gasteiger partial charge in [-0.3, -0.25) is 4.79 Å². The number of hydrogen-bond acceptors (Lipinski definition) is 6. The van der Waals surface area contributed by atoms with Crippen molar-refractivity contribution < 1.29 is 23.5 Å². The number of nitrogens with one attached hydrogen (secondary N) is 1. The molecule has 0 aliphatic carbocycles. The lowest BCUT2D eigenvalue weighted by Gasteiger charge is -2.12. The van der Waals surface area contributed by atoms with Crippen LogP contribution in [0.4, 0.5) is 0 Å². The summed E-state index contributed by atoms with van der Waals surface area (Å²) in [5.41, 5.74) is 1.17. The first-order valence-corrected chi connectivity index (χ1v) is 10.9. The maximum atomic E-state index is 12.2. The second-order valence-corrected chi connectivity index (χ2v) is 8.80. The number of aryl methyl sites for hydroxylation is 2. The number of amides is 1. The van der Waals surface area contributed by atoms with Crippen molar-refractivity contribution in [1.29, 1.82) is 0 Å². The fourth-order valence-corrected chi connectivity index (χ4v) is 3.81. The summed E-state index contributed by atoms with van der Waals surface area (Å²) in [6.07, 6.45) is 0. The summed E-state index contributed by atoms with van der Waals surface area (Å²) in [5.74, 6) is -0.00339. The summed E-state index contributed by atoms with van der Waals surface area (Å²) in [6.45, 7) is 7.87. The number of rotatable bonds is 7. The van der Waals surface area contributed by atoms with Crippen LogP contribution in [0.3, 0.4) is 0 Å². The highest BCUT2D eigenvalue weighted by atomic mass is 79.9.